The van der Waals surface area contributed by atoms with E-state index in [2.05, 4.69) is 0 Å². The lowest BCUT2D eigenvalue weighted by Gasteiger charge is -2.04. The van der Waals surface area contributed by atoms with E-state index in [0.717, 1.165) is 11.1 Å². The second kappa shape index (κ2) is 6.41. The molecule has 5 nitrogen and oxygen atoms in total. The number of carbonyl (C=O) groups is 2. The van der Waals surface area contributed by atoms with E-state index in [1.807, 2.05) is 13.0 Å². The molecule has 0 saturated carbocycles. The van der Waals surface area contributed by atoms with Gasteiger partial charge in [-0.05, 0) is 43.3 Å². The normalized spacial score (nSPS) is 11.2. The molecule has 1 heterocycles. The quantitative estimate of drug-likeness (QED) is 0.618. The number of hydrogen-bond acceptors (Lipinski definition) is 6. The molecule has 0 radical (unpaired) electrons. The van der Waals surface area contributed by atoms with E-state index in [9.17, 15) is 18.0 Å². The van der Waals surface area contributed by atoms with Gasteiger partial charge in [0.2, 0.25) is 5.78 Å². The number of carbonyl (C=O) groups excluding carboxylic acids is 2. The maximum atomic E-state index is 11.8. The standard InChI is InChI=1S/C15H14O5S2/c1-10-3-8-14(21-10)13(16)9-20-15(17)11-4-6-12(7-5-11)22(2,18)19/h3-8H,9H2,1-2H3. The van der Waals surface area contributed by atoms with Gasteiger partial charge in [-0.25, -0.2) is 13.2 Å². The van der Waals surface area contributed by atoms with Crippen LogP contribution in [0, 0.1) is 6.92 Å². The number of ether oxygens (including phenoxy) is 1. The Morgan fingerprint density at radius 3 is 2.23 bits per heavy atom. The van der Waals surface area contributed by atoms with E-state index < -0.39 is 15.8 Å². The fraction of sp³-hybridized carbons (Fsp3) is 0.200. The van der Waals surface area contributed by atoms with Gasteiger partial charge < -0.3 is 4.74 Å². The van der Waals surface area contributed by atoms with Crippen molar-refractivity contribution in [3.05, 3.63) is 51.7 Å². The number of sulfone groups is 1. The van der Waals surface area contributed by atoms with Gasteiger partial charge in [-0.15, -0.1) is 11.3 Å². The van der Waals surface area contributed by atoms with Crippen molar-refractivity contribution in [1.82, 2.24) is 0 Å². The Labute approximate surface area is 132 Å². The minimum Gasteiger partial charge on any atom is -0.454 e. The van der Waals surface area contributed by atoms with E-state index in [-0.39, 0.29) is 22.8 Å². The van der Waals surface area contributed by atoms with Crippen molar-refractivity contribution in [2.45, 2.75) is 11.8 Å². The smallest absolute Gasteiger partial charge is 0.338 e. The second-order valence-corrected chi connectivity index (χ2v) is 8.01. The van der Waals surface area contributed by atoms with Crippen LogP contribution in [0.5, 0.6) is 0 Å². The fourth-order valence-corrected chi connectivity index (χ4v) is 3.13. The van der Waals surface area contributed by atoms with E-state index in [1.54, 1.807) is 6.07 Å². The minimum atomic E-state index is -3.31. The Morgan fingerprint density at radius 2 is 1.73 bits per heavy atom. The average molecular weight is 338 g/mol. The van der Waals surface area contributed by atoms with Crippen LogP contribution < -0.4 is 0 Å². The van der Waals surface area contributed by atoms with Crippen LogP contribution in [0.1, 0.15) is 24.9 Å². The first kappa shape index (κ1) is 16.4. The van der Waals surface area contributed by atoms with E-state index in [0.29, 0.717) is 4.88 Å². The zero-order valence-electron chi connectivity index (χ0n) is 12.0. The van der Waals surface area contributed by atoms with E-state index in [1.165, 1.54) is 35.6 Å². The van der Waals surface area contributed by atoms with Crippen molar-refractivity contribution in [2.24, 2.45) is 0 Å². The molecule has 0 aliphatic carbocycles. The topological polar surface area (TPSA) is 77.5 Å². The molecule has 2 aromatic rings. The number of benzene rings is 1. The van der Waals surface area contributed by atoms with Crippen LogP contribution in [0.15, 0.2) is 41.3 Å². The number of hydrogen-bond donors (Lipinski definition) is 0. The van der Waals surface area contributed by atoms with Crippen molar-refractivity contribution >= 4 is 32.9 Å². The molecular formula is C15H14O5S2. The van der Waals surface area contributed by atoms with Gasteiger partial charge in [-0.2, -0.15) is 0 Å². The zero-order valence-corrected chi connectivity index (χ0v) is 13.7. The molecule has 0 bridgehead atoms. The zero-order chi connectivity index (χ0) is 16.3. The van der Waals surface area contributed by atoms with Gasteiger partial charge >= 0.3 is 5.97 Å². The molecule has 1 aromatic heterocycles. The Balaban J connectivity index is 1.99. The van der Waals surface area contributed by atoms with Gasteiger partial charge in [-0.3, -0.25) is 4.79 Å². The first-order valence-corrected chi connectivity index (χ1v) is 9.05. The third-order valence-corrected chi connectivity index (χ3v) is 5.04. The molecule has 22 heavy (non-hydrogen) atoms. The van der Waals surface area contributed by atoms with Gasteiger partial charge in [0.05, 0.1) is 15.3 Å². The molecule has 0 fully saturated rings. The molecule has 116 valence electrons. The van der Waals surface area contributed by atoms with Crippen LogP contribution in [-0.2, 0) is 14.6 Å². The highest BCUT2D eigenvalue weighted by atomic mass is 32.2. The van der Waals surface area contributed by atoms with Gasteiger partial charge in [0, 0.05) is 11.1 Å². The largest absolute Gasteiger partial charge is 0.454 e. The van der Waals surface area contributed by atoms with Crippen LogP contribution >= 0.6 is 11.3 Å². The molecule has 0 aliphatic rings. The lowest BCUT2D eigenvalue weighted by molar-refractivity contribution is 0.0475. The first-order valence-electron chi connectivity index (χ1n) is 6.34. The van der Waals surface area contributed by atoms with Gasteiger partial charge in [0.1, 0.15) is 0 Å². The molecule has 0 unspecified atom stereocenters. The third kappa shape index (κ3) is 4.02. The summed E-state index contributed by atoms with van der Waals surface area (Å²) in [6, 6.07) is 8.89. The Bertz CT molecular complexity index is 801. The number of Topliss-reactive ketones (excluding diaryl/α,β-unsaturated/α-hetero) is 1. The van der Waals surface area contributed by atoms with Gasteiger partial charge in [-0.1, -0.05) is 0 Å². The highest BCUT2D eigenvalue weighted by molar-refractivity contribution is 7.90. The second-order valence-electron chi connectivity index (χ2n) is 4.71. The molecule has 0 spiro atoms. The van der Waals surface area contributed by atoms with Crippen LogP contribution in [-0.4, -0.2) is 33.0 Å². The first-order chi connectivity index (χ1) is 10.3. The van der Waals surface area contributed by atoms with Crippen molar-refractivity contribution < 1.29 is 22.7 Å². The SMILES string of the molecule is Cc1ccc(C(=O)COC(=O)c2ccc(S(C)(=O)=O)cc2)s1. The van der Waals surface area contributed by atoms with Crippen LogP contribution in [0.3, 0.4) is 0 Å². The summed E-state index contributed by atoms with van der Waals surface area (Å²) in [4.78, 5) is 25.3. The lowest BCUT2D eigenvalue weighted by atomic mass is 10.2. The van der Waals surface area contributed by atoms with E-state index in [4.69, 9.17) is 4.74 Å². The monoisotopic (exact) mass is 338 g/mol. The summed E-state index contributed by atoms with van der Waals surface area (Å²) in [6.07, 6.45) is 1.09. The summed E-state index contributed by atoms with van der Waals surface area (Å²) in [5.74, 6) is -0.930. The number of esters is 1. The summed E-state index contributed by atoms with van der Waals surface area (Å²) in [6.45, 7) is 1.55. The molecule has 0 aliphatic heterocycles. The highest BCUT2D eigenvalue weighted by Crippen LogP contribution is 2.16. The third-order valence-electron chi connectivity index (χ3n) is 2.87. The van der Waals surface area contributed by atoms with Crippen LogP contribution in [0.4, 0.5) is 0 Å². The Hall–Kier alpha value is -1.99. The predicted molar refractivity (Wildman–Crippen MR) is 83.2 cm³/mol. The van der Waals surface area contributed by atoms with Crippen molar-refractivity contribution in [3.63, 3.8) is 0 Å². The van der Waals surface area contributed by atoms with Crippen molar-refractivity contribution in [1.29, 1.82) is 0 Å². The van der Waals surface area contributed by atoms with Crippen LogP contribution in [0.2, 0.25) is 0 Å². The lowest BCUT2D eigenvalue weighted by Crippen LogP contribution is -2.13. The summed E-state index contributed by atoms with van der Waals surface area (Å²) in [5, 5.41) is 0. The highest BCUT2D eigenvalue weighted by Gasteiger charge is 2.14. The fourth-order valence-electron chi connectivity index (χ4n) is 1.71. The molecule has 0 N–H and O–H groups in total. The summed E-state index contributed by atoms with van der Waals surface area (Å²) < 4.78 is 27.6. The maximum Gasteiger partial charge on any atom is 0.338 e. The molecule has 0 saturated heterocycles. The molecule has 0 amide bonds. The van der Waals surface area contributed by atoms with Crippen molar-refractivity contribution in [3.8, 4) is 0 Å². The molecule has 2 rings (SSSR count). The minimum absolute atomic E-state index is 0.120. The summed E-state index contributed by atoms with van der Waals surface area (Å²) in [7, 11) is -3.31. The van der Waals surface area contributed by atoms with Gasteiger partial charge in [0.25, 0.3) is 0 Å². The van der Waals surface area contributed by atoms with E-state index >= 15 is 0 Å². The average Bonchev–Trinajstić information content (AvgIpc) is 2.90. The van der Waals surface area contributed by atoms with Crippen LogP contribution in [0.25, 0.3) is 0 Å². The Kier molecular flexibility index (Phi) is 4.77. The molecule has 0 atom stereocenters. The van der Waals surface area contributed by atoms with Gasteiger partial charge in [0.15, 0.2) is 16.4 Å². The summed E-state index contributed by atoms with van der Waals surface area (Å²) >= 11 is 1.34. The molecular weight excluding hydrogens is 324 g/mol. The Morgan fingerprint density at radius 1 is 1.09 bits per heavy atom. The number of rotatable bonds is 5. The van der Waals surface area contributed by atoms with Crippen molar-refractivity contribution in [2.75, 3.05) is 12.9 Å². The summed E-state index contributed by atoms with van der Waals surface area (Å²) in [5.41, 5.74) is 0.197. The maximum absolute atomic E-state index is 11.8. The molecule has 1 aromatic carbocycles. The number of ketones is 1. The molecule has 7 heteroatoms. The number of thiophene rings is 1. The predicted octanol–water partition coefficient (Wildman–Crippen LogP) is 2.50. The number of aryl methyl sites for hydroxylation is 1.